The molecule has 0 unspecified atom stereocenters. The van der Waals surface area contributed by atoms with Crippen molar-refractivity contribution in [2.45, 2.75) is 12.8 Å². The van der Waals surface area contributed by atoms with Crippen LogP contribution < -0.4 is 0 Å². The van der Waals surface area contributed by atoms with Crippen molar-refractivity contribution in [3.8, 4) is 11.3 Å². The molecule has 152 valence electrons. The Hall–Kier alpha value is -3.86. The summed E-state index contributed by atoms with van der Waals surface area (Å²) < 4.78 is 29.1. The van der Waals surface area contributed by atoms with E-state index in [0.717, 1.165) is 39.4 Å². The van der Waals surface area contributed by atoms with E-state index in [0.29, 0.717) is 0 Å². The Morgan fingerprint density at radius 2 is 1.32 bits per heavy atom. The molecule has 0 radical (unpaired) electrons. The standard InChI is InChI=1S/C26H19F2N3/c1-17-15-24(31-25(29-17)16-23(30-31)18-5-3-2-4-6-18)26(19-7-11-21(27)12-8-19)20-9-13-22(28)14-10-20/h2-16,26H,1H3. The lowest BCUT2D eigenvalue weighted by Gasteiger charge is -2.20. The molecule has 0 saturated carbocycles. The third-order valence-electron chi connectivity index (χ3n) is 5.35. The SMILES string of the molecule is Cc1cc(C(c2ccc(F)cc2)c2ccc(F)cc2)n2nc(-c3ccccc3)cc2n1. The average molecular weight is 411 g/mol. The van der Waals surface area contributed by atoms with Crippen LogP contribution in [0.5, 0.6) is 0 Å². The highest BCUT2D eigenvalue weighted by molar-refractivity contribution is 5.64. The van der Waals surface area contributed by atoms with Crippen molar-refractivity contribution in [2.24, 2.45) is 0 Å². The number of rotatable bonds is 4. The largest absolute Gasteiger partial charge is 0.234 e. The summed E-state index contributed by atoms with van der Waals surface area (Å²) in [6, 6.07) is 26.6. The molecule has 0 aliphatic carbocycles. The van der Waals surface area contributed by atoms with E-state index in [9.17, 15) is 8.78 Å². The molecule has 0 spiro atoms. The van der Waals surface area contributed by atoms with Gasteiger partial charge in [-0.05, 0) is 48.4 Å². The van der Waals surface area contributed by atoms with Gasteiger partial charge in [0.15, 0.2) is 5.65 Å². The van der Waals surface area contributed by atoms with E-state index in [1.54, 1.807) is 24.3 Å². The first-order valence-corrected chi connectivity index (χ1v) is 10.0. The van der Waals surface area contributed by atoms with Gasteiger partial charge in [-0.15, -0.1) is 0 Å². The monoisotopic (exact) mass is 411 g/mol. The predicted octanol–water partition coefficient (Wildman–Crippen LogP) is 6.16. The Balaban J connectivity index is 1.75. The second kappa shape index (κ2) is 7.76. The quantitative estimate of drug-likeness (QED) is 0.354. The van der Waals surface area contributed by atoms with E-state index < -0.39 is 0 Å². The van der Waals surface area contributed by atoms with Crippen molar-refractivity contribution in [3.63, 3.8) is 0 Å². The first kappa shape index (κ1) is 19.1. The molecule has 2 aromatic heterocycles. The number of aryl methyl sites for hydroxylation is 1. The highest BCUT2D eigenvalue weighted by atomic mass is 19.1. The molecule has 31 heavy (non-hydrogen) atoms. The van der Waals surface area contributed by atoms with Gasteiger partial charge in [-0.2, -0.15) is 5.10 Å². The molecule has 0 atom stereocenters. The van der Waals surface area contributed by atoms with Crippen molar-refractivity contribution < 1.29 is 8.78 Å². The minimum absolute atomic E-state index is 0.270. The minimum Gasteiger partial charge on any atom is -0.234 e. The topological polar surface area (TPSA) is 30.2 Å². The number of hydrogen-bond acceptors (Lipinski definition) is 2. The molecular formula is C26H19F2N3. The third-order valence-corrected chi connectivity index (χ3v) is 5.35. The van der Waals surface area contributed by atoms with E-state index in [2.05, 4.69) is 4.98 Å². The molecule has 0 saturated heterocycles. The number of aromatic nitrogens is 3. The normalized spacial score (nSPS) is 11.4. The summed E-state index contributed by atoms with van der Waals surface area (Å²) in [6.07, 6.45) is 0. The van der Waals surface area contributed by atoms with Crippen LogP contribution in [0.1, 0.15) is 28.4 Å². The van der Waals surface area contributed by atoms with Gasteiger partial charge in [0.05, 0.1) is 17.3 Å². The summed E-state index contributed by atoms with van der Waals surface area (Å²) in [6.45, 7) is 1.94. The fourth-order valence-corrected chi connectivity index (χ4v) is 3.93. The molecule has 0 aliphatic rings. The maximum atomic E-state index is 13.6. The van der Waals surface area contributed by atoms with Crippen LogP contribution in [0.2, 0.25) is 0 Å². The lowest BCUT2D eigenvalue weighted by Crippen LogP contribution is -2.11. The zero-order valence-electron chi connectivity index (χ0n) is 16.8. The smallest absolute Gasteiger partial charge is 0.156 e. The molecule has 3 nitrogen and oxygen atoms in total. The fourth-order valence-electron chi connectivity index (χ4n) is 3.93. The number of benzene rings is 3. The van der Waals surface area contributed by atoms with E-state index in [1.807, 2.05) is 53.9 Å². The van der Waals surface area contributed by atoms with Gasteiger partial charge >= 0.3 is 0 Å². The molecule has 0 amide bonds. The number of nitrogens with zero attached hydrogens (tertiary/aromatic N) is 3. The van der Waals surface area contributed by atoms with Gasteiger partial charge in [0.25, 0.3) is 0 Å². The van der Waals surface area contributed by atoms with Crippen LogP contribution in [-0.4, -0.2) is 14.6 Å². The molecule has 5 aromatic rings. The number of halogens is 2. The van der Waals surface area contributed by atoms with Crippen LogP contribution in [0, 0.1) is 18.6 Å². The van der Waals surface area contributed by atoms with E-state index in [1.165, 1.54) is 24.3 Å². The zero-order chi connectivity index (χ0) is 21.4. The van der Waals surface area contributed by atoms with E-state index in [4.69, 9.17) is 5.10 Å². The van der Waals surface area contributed by atoms with Gasteiger partial charge in [-0.25, -0.2) is 18.3 Å². The van der Waals surface area contributed by atoms with Gasteiger partial charge in [-0.1, -0.05) is 54.6 Å². The van der Waals surface area contributed by atoms with Crippen LogP contribution in [-0.2, 0) is 0 Å². The van der Waals surface area contributed by atoms with Crippen LogP contribution in [0.25, 0.3) is 16.9 Å². The Kier molecular flexibility index (Phi) is 4.79. The molecule has 3 aromatic carbocycles. The van der Waals surface area contributed by atoms with Crippen LogP contribution in [0.15, 0.2) is 91.0 Å². The Morgan fingerprint density at radius 3 is 1.90 bits per heavy atom. The molecule has 5 heteroatoms. The van der Waals surface area contributed by atoms with Gasteiger partial charge in [0, 0.05) is 17.3 Å². The Morgan fingerprint density at radius 1 is 0.742 bits per heavy atom. The molecular weight excluding hydrogens is 392 g/mol. The van der Waals surface area contributed by atoms with Crippen LogP contribution in [0.4, 0.5) is 8.78 Å². The summed E-state index contributed by atoms with van der Waals surface area (Å²) >= 11 is 0. The van der Waals surface area contributed by atoms with Gasteiger partial charge < -0.3 is 0 Å². The second-order valence-electron chi connectivity index (χ2n) is 7.52. The predicted molar refractivity (Wildman–Crippen MR) is 117 cm³/mol. The van der Waals surface area contributed by atoms with Crippen molar-refractivity contribution in [1.29, 1.82) is 0 Å². The zero-order valence-corrected chi connectivity index (χ0v) is 16.8. The lowest BCUT2D eigenvalue weighted by molar-refractivity contribution is 0.625. The maximum Gasteiger partial charge on any atom is 0.156 e. The molecule has 0 N–H and O–H groups in total. The molecule has 0 bridgehead atoms. The minimum atomic E-state index is -0.303. The summed E-state index contributed by atoms with van der Waals surface area (Å²) in [5, 5.41) is 4.84. The van der Waals surface area contributed by atoms with Crippen LogP contribution >= 0.6 is 0 Å². The first-order valence-electron chi connectivity index (χ1n) is 10.0. The molecule has 0 aliphatic heterocycles. The highest BCUT2D eigenvalue weighted by Gasteiger charge is 2.22. The summed E-state index contributed by atoms with van der Waals surface area (Å²) in [7, 11) is 0. The van der Waals surface area contributed by atoms with Gasteiger partial charge in [0.2, 0.25) is 0 Å². The van der Waals surface area contributed by atoms with Crippen molar-refractivity contribution >= 4 is 5.65 Å². The average Bonchev–Trinajstić information content (AvgIpc) is 3.21. The number of fused-ring (bicyclic) bond motifs is 1. The molecule has 5 rings (SSSR count). The summed E-state index contributed by atoms with van der Waals surface area (Å²) in [5.74, 6) is -0.875. The maximum absolute atomic E-state index is 13.6. The first-order chi connectivity index (χ1) is 15.1. The fraction of sp³-hybridized carbons (Fsp3) is 0.0769. The van der Waals surface area contributed by atoms with Crippen molar-refractivity contribution in [1.82, 2.24) is 14.6 Å². The highest BCUT2D eigenvalue weighted by Crippen LogP contribution is 2.33. The molecule has 2 heterocycles. The Labute approximate surface area is 178 Å². The van der Waals surface area contributed by atoms with Crippen molar-refractivity contribution in [3.05, 3.63) is 125 Å². The number of hydrogen-bond donors (Lipinski definition) is 0. The molecule has 0 fully saturated rings. The summed E-state index contributed by atoms with van der Waals surface area (Å²) in [5.41, 5.74) is 6.03. The third kappa shape index (κ3) is 3.70. The summed E-state index contributed by atoms with van der Waals surface area (Å²) in [4.78, 5) is 4.66. The van der Waals surface area contributed by atoms with E-state index >= 15 is 0 Å². The Bertz CT molecular complexity index is 1300. The second-order valence-corrected chi connectivity index (χ2v) is 7.52. The van der Waals surface area contributed by atoms with E-state index in [-0.39, 0.29) is 17.6 Å². The van der Waals surface area contributed by atoms with Gasteiger partial charge in [0.1, 0.15) is 11.6 Å². The van der Waals surface area contributed by atoms with Crippen LogP contribution in [0.3, 0.4) is 0 Å². The lowest BCUT2D eigenvalue weighted by atomic mass is 9.88. The van der Waals surface area contributed by atoms with Crippen molar-refractivity contribution in [2.75, 3.05) is 0 Å². The van der Waals surface area contributed by atoms with Gasteiger partial charge in [-0.3, -0.25) is 0 Å².